The van der Waals surface area contributed by atoms with Gasteiger partial charge >= 0.3 is 5.97 Å². The summed E-state index contributed by atoms with van der Waals surface area (Å²) in [5.41, 5.74) is 1.34. The lowest BCUT2D eigenvalue weighted by Gasteiger charge is -2.26. The number of piperidine rings is 1. The van der Waals surface area contributed by atoms with Crippen molar-refractivity contribution in [1.29, 1.82) is 0 Å². The number of aryl methyl sites for hydroxylation is 1. The number of carbonyl (C=O) groups is 1. The largest absolute Gasteiger partial charge is 0.467 e. The molecular weight excluding hydrogens is 452 g/mol. The van der Waals surface area contributed by atoms with E-state index in [1.807, 2.05) is 0 Å². The molecular formula is C22H24N2O8S. The van der Waals surface area contributed by atoms with Crippen molar-refractivity contribution in [1.82, 2.24) is 4.31 Å². The van der Waals surface area contributed by atoms with Gasteiger partial charge in [0.25, 0.3) is 5.69 Å². The fraction of sp³-hybridized carbons (Fsp3) is 0.409. The van der Waals surface area contributed by atoms with Crippen LogP contribution in [-0.2, 0) is 32.7 Å². The van der Waals surface area contributed by atoms with Crippen LogP contribution in [0.3, 0.4) is 0 Å². The lowest BCUT2D eigenvalue weighted by Crippen LogP contribution is -2.35. The summed E-state index contributed by atoms with van der Waals surface area (Å²) in [7, 11) is -3.71. The summed E-state index contributed by atoms with van der Waals surface area (Å²) in [5.74, 6) is -0.340. The average Bonchev–Trinajstić information content (AvgIpc) is 2.82. The van der Waals surface area contributed by atoms with Crippen LogP contribution in [0.15, 0.2) is 35.2 Å². The Morgan fingerprint density at radius 2 is 1.94 bits per heavy atom. The van der Waals surface area contributed by atoms with E-state index in [1.165, 1.54) is 28.6 Å². The van der Waals surface area contributed by atoms with Crippen molar-refractivity contribution in [2.45, 2.75) is 44.3 Å². The van der Waals surface area contributed by atoms with E-state index in [0.29, 0.717) is 35.5 Å². The molecule has 2 aromatic carbocycles. The molecule has 0 N–H and O–H groups in total. The van der Waals surface area contributed by atoms with Crippen molar-refractivity contribution in [3.05, 3.63) is 62.7 Å². The van der Waals surface area contributed by atoms with Crippen molar-refractivity contribution < 1.29 is 32.3 Å². The molecule has 176 valence electrons. The van der Waals surface area contributed by atoms with Gasteiger partial charge in [0.15, 0.2) is 6.79 Å². The molecule has 2 aliphatic rings. The molecule has 2 aliphatic heterocycles. The number of benzene rings is 2. The van der Waals surface area contributed by atoms with Crippen LogP contribution in [0.5, 0.6) is 5.75 Å². The van der Waals surface area contributed by atoms with Crippen LogP contribution < -0.4 is 4.74 Å². The molecule has 2 heterocycles. The maximum Gasteiger partial charge on any atom is 0.338 e. The molecule has 0 bridgehead atoms. The number of carbonyl (C=O) groups excluding carboxylic acids is 1. The summed E-state index contributed by atoms with van der Waals surface area (Å²) in [5, 5.41) is 11.3. The third kappa shape index (κ3) is 4.85. The smallest absolute Gasteiger partial charge is 0.338 e. The van der Waals surface area contributed by atoms with Gasteiger partial charge in [0.05, 0.1) is 22.0 Å². The Balaban J connectivity index is 1.57. The van der Waals surface area contributed by atoms with Gasteiger partial charge in [-0.2, -0.15) is 4.31 Å². The molecule has 33 heavy (non-hydrogen) atoms. The van der Waals surface area contributed by atoms with Crippen LogP contribution in [-0.4, -0.2) is 43.5 Å². The van der Waals surface area contributed by atoms with E-state index in [2.05, 4.69) is 0 Å². The summed E-state index contributed by atoms with van der Waals surface area (Å²) >= 11 is 0. The van der Waals surface area contributed by atoms with Crippen LogP contribution in [0.4, 0.5) is 5.69 Å². The van der Waals surface area contributed by atoms with Crippen LogP contribution in [0.2, 0.25) is 0 Å². The zero-order valence-corrected chi connectivity index (χ0v) is 18.9. The molecule has 0 aromatic heterocycles. The summed E-state index contributed by atoms with van der Waals surface area (Å²) in [4.78, 5) is 23.6. The van der Waals surface area contributed by atoms with E-state index >= 15 is 0 Å². The summed E-state index contributed by atoms with van der Waals surface area (Å²) in [6, 6.07) is 7.04. The molecule has 0 saturated carbocycles. The minimum atomic E-state index is -3.71. The van der Waals surface area contributed by atoms with E-state index in [9.17, 15) is 23.3 Å². The van der Waals surface area contributed by atoms with E-state index in [1.54, 1.807) is 13.0 Å². The topological polar surface area (TPSA) is 125 Å². The Hall–Kier alpha value is -3.02. The molecule has 0 unspecified atom stereocenters. The third-order valence-electron chi connectivity index (χ3n) is 5.72. The molecule has 2 aromatic rings. The van der Waals surface area contributed by atoms with Gasteiger partial charge in [0.2, 0.25) is 10.0 Å². The Morgan fingerprint density at radius 1 is 1.18 bits per heavy atom. The van der Waals surface area contributed by atoms with Crippen molar-refractivity contribution in [2.75, 3.05) is 19.9 Å². The zero-order chi connectivity index (χ0) is 23.6. The number of ether oxygens (including phenoxy) is 3. The normalized spacial score (nSPS) is 16.5. The van der Waals surface area contributed by atoms with Crippen molar-refractivity contribution >= 4 is 21.7 Å². The highest BCUT2D eigenvalue weighted by Gasteiger charge is 2.28. The number of fused-ring (bicyclic) bond motifs is 1. The third-order valence-corrected chi connectivity index (χ3v) is 7.62. The molecule has 11 heteroatoms. The number of sulfonamides is 1. The standard InChI is InChI=1S/C22H24N2O8S/c1-15-5-6-19(33(28,29)23-7-3-2-4-8-23)11-20(15)22(25)31-13-17-10-18(24(26)27)9-16-12-30-14-32-21(16)17/h5-6,9-11H,2-4,7-8,12-14H2,1H3. The Bertz CT molecular complexity index is 1190. The van der Waals surface area contributed by atoms with E-state index in [4.69, 9.17) is 14.2 Å². The predicted octanol–water partition coefficient (Wildman–Crippen LogP) is 3.30. The first-order chi connectivity index (χ1) is 15.8. The van der Waals surface area contributed by atoms with Gasteiger partial charge in [-0.3, -0.25) is 10.1 Å². The number of nitrogens with zero attached hydrogens (tertiary/aromatic N) is 2. The van der Waals surface area contributed by atoms with Crippen LogP contribution in [0.25, 0.3) is 0 Å². The number of non-ortho nitro benzene ring substituents is 1. The predicted molar refractivity (Wildman–Crippen MR) is 116 cm³/mol. The van der Waals surface area contributed by atoms with E-state index in [-0.39, 0.29) is 36.2 Å². The fourth-order valence-corrected chi connectivity index (χ4v) is 5.49. The minimum Gasteiger partial charge on any atom is -0.467 e. The highest BCUT2D eigenvalue weighted by molar-refractivity contribution is 7.89. The molecule has 1 saturated heterocycles. The maximum atomic E-state index is 13.0. The molecule has 4 rings (SSSR count). The van der Waals surface area contributed by atoms with Gasteiger partial charge in [-0.25, -0.2) is 13.2 Å². The molecule has 0 radical (unpaired) electrons. The maximum absolute atomic E-state index is 13.0. The number of rotatable bonds is 6. The molecule has 0 atom stereocenters. The molecule has 0 spiro atoms. The van der Waals surface area contributed by atoms with Gasteiger partial charge in [0, 0.05) is 36.3 Å². The van der Waals surface area contributed by atoms with Crippen LogP contribution >= 0.6 is 0 Å². The van der Waals surface area contributed by atoms with Crippen LogP contribution in [0, 0.1) is 17.0 Å². The molecule has 10 nitrogen and oxygen atoms in total. The first kappa shape index (κ1) is 23.1. The number of esters is 1. The summed E-state index contributed by atoms with van der Waals surface area (Å²) in [6.07, 6.45) is 2.61. The fourth-order valence-electron chi connectivity index (χ4n) is 3.95. The molecule has 0 amide bonds. The number of nitro groups is 1. The minimum absolute atomic E-state index is 0.0126. The first-order valence-electron chi connectivity index (χ1n) is 10.6. The number of nitro benzene ring substituents is 1. The highest BCUT2D eigenvalue weighted by atomic mass is 32.2. The lowest BCUT2D eigenvalue weighted by atomic mass is 10.1. The van der Waals surface area contributed by atoms with Crippen LogP contribution in [0.1, 0.15) is 46.3 Å². The van der Waals surface area contributed by atoms with Gasteiger partial charge in [-0.15, -0.1) is 0 Å². The molecule has 0 aliphatic carbocycles. The SMILES string of the molecule is Cc1ccc(S(=O)(=O)N2CCCCC2)cc1C(=O)OCc1cc([N+](=O)[O-])cc2c1OCOC2. The Labute approximate surface area is 191 Å². The Morgan fingerprint density at radius 3 is 2.67 bits per heavy atom. The van der Waals surface area contributed by atoms with E-state index in [0.717, 1.165) is 19.3 Å². The van der Waals surface area contributed by atoms with Gasteiger partial charge in [-0.1, -0.05) is 12.5 Å². The average molecular weight is 477 g/mol. The van der Waals surface area contributed by atoms with Crippen molar-refractivity contribution in [3.63, 3.8) is 0 Å². The van der Waals surface area contributed by atoms with Gasteiger partial charge in [0.1, 0.15) is 12.4 Å². The lowest BCUT2D eigenvalue weighted by molar-refractivity contribution is -0.385. The molecule has 1 fully saturated rings. The highest BCUT2D eigenvalue weighted by Crippen LogP contribution is 2.33. The number of hydrogen-bond donors (Lipinski definition) is 0. The second-order valence-electron chi connectivity index (χ2n) is 7.98. The van der Waals surface area contributed by atoms with Crippen molar-refractivity contribution in [2.24, 2.45) is 0 Å². The van der Waals surface area contributed by atoms with Gasteiger partial charge in [-0.05, 0) is 37.5 Å². The zero-order valence-electron chi connectivity index (χ0n) is 18.1. The number of hydrogen-bond acceptors (Lipinski definition) is 8. The quantitative estimate of drug-likeness (QED) is 0.353. The Kier molecular flexibility index (Phi) is 6.63. The van der Waals surface area contributed by atoms with Gasteiger partial charge < -0.3 is 14.2 Å². The first-order valence-corrected chi connectivity index (χ1v) is 12.0. The second-order valence-corrected chi connectivity index (χ2v) is 9.92. The summed E-state index contributed by atoms with van der Waals surface area (Å²) < 4.78 is 43.5. The second kappa shape index (κ2) is 9.46. The summed E-state index contributed by atoms with van der Waals surface area (Å²) in [6.45, 7) is 2.46. The van der Waals surface area contributed by atoms with Crippen molar-refractivity contribution in [3.8, 4) is 5.75 Å². The van der Waals surface area contributed by atoms with E-state index < -0.39 is 20.9 Å². The monoisotopic (exact) mass is 476 g/mol.